The van der Waals surface area contributed by atoms with Crippen molar-refractivity contribution in [2.45, 2.75) is 130 Å². The van der Waals surface area contributed by atoms with E-state index in [1.807, 2.05) is 6.92 Å². The van der Waals surface area contributed by atoms with Crippen molar-refractivity contribution < 1.29 is 33.4 Å². The highest BCUT2D eigenvalue weighted by Crippen LogP contribution is 2.31. The fraction of sp³-hybridized carbons (Fsp3) is 0.571. The Kier molecular flexibility index (Phi) is 16.5. The second-order valence-corrected chi connectivity index (χ2v) is 11.2. The first-order valence-electron chi connectivity index (χ1n) is 15.9. The Morgan fingerprint density at radius 2 is 1.36 bits per heavy atom. The summed E-state index contributed by atoms with van der Waals surface area (Å²) in [6.45, 7) is 6.19. The minimum atomic E-state index is -1.24. The fourth-order valence-corrected chi connectivity index (χ4v) is 4.96. The van der Waals surface area contributed by atoms with E-state index in [2.05, 4.69) is 13.8 Å². The molecular formula is C35H49FO6. The van der Waals surface area contributed by atoms with Crippen molar-refractivity contribution in [2.24, 2.45) is 0 Å². The lowest BCUT2D eigenvalue weighted by Crippen LogP contribution is -2.15. The molecule has 2 rings (SSSR count). The first kappa shape index (κ1) is 35.0. The summed E-state index contributed by atoms with van der Waals surface area (Å²) in [5, 5.41) is 9.69. The Morgan fingerprint density at radius 3 is 1.95 bits per heavy atom. The van der Waals surface area contributed by atoms with E-state index < -0.39 is 23.7 Å². The molecule has 6 nitrogen and oxygen atoms in total. The van der Waals surface area contributed by atoms with Gasteiger partial charge < -0.3 is 14.6 Å². The molecule has 42 heavy (non-hydrogen) atoms. The molecular weight excluding hydrogens is 535 g/mol. The lowest BCUT2D eigenvalue weighted by atomic mass is 9.97. The van der Waals surface area contributed by atoms with Gasteiger partial charge in [0.2, 0.25) is 0 Å². The zero-order chi connectivity index (χ0) is 30.7. The Labute approximate surface area is 251 Å². The fourth-order valence-electron chi connectivity index (χ4n) is 4.96. The summed E-state index contributed by atoms with van der Waals surface area (Å²) in [5.41, 5.74) is -0.0330. The molecule has 0 aliphatic carbocycles. The highest BCUT2D eigenvalue weighted by Gasteiger charge is 2.20. The number of carbonyl (C=O) groups is 3. The van der Waals surface area contributed by atoms with E-state index in [1.165, 1.54) is 81.7 Å². The van der Waals surface area contributed by atoms with Crippen molar-refractivity contribution in [3.8, 4) is 16.9 Å². The second-order valence-electron chi connectivity index (χ2n) is 11.2. The van der Waals surface area contributed by atoms with Crippen LogP contribution in [0.3, 0.4) is 0 Å². The van der Waals surface area contributed by atoms with Gasteiger partial charge in [-0.15, -0.1) is 0 Å². The van der Waals surface area contributed by atoms with Gasteiger partial charge in [0.25, 0.3) is 0 Å². The van der Waals surface area contributed by atoms with E-state index in [0.717, 1.165) is 51.0 Å². The van der Waals surface area contributed by atoms with Crippen LogP contribution in [0.5, 0.6) is 5.75 Å². The number of aromatic carboxylic acids is 1. The quantitative estimate of drug-likeness (QED) is 0.0892. The van der Waals surface area contributed by atoms with Crippen LogP contribution >= 0.6 is 0 Å². The van der Waals surface area contributed by atoms with Gasteiger partial charge in [-0.3, -0.25) is 4.79 Å². The number of unbranched alkanes of at least 4 members (excludes halogenated alkanes) is 12. The molecule has 0 fully saturated rings. The number of ether oxygens (including phenoxy) is 2. The highest BCUT2D eigenvalue weighted by atomic mass is 19.1. The molecule has 0 aliphatic rings. The van der Waals surface area contributed by atoms with Gasteiger partial charge in [0.15, 0.2) is 0 Å². The van der Waals surface area contributed by atoms with Crippen molar-refractivity contribution >= 4 is 17.9 Å². The molecule has 0 amide bonds. The van der Waals surface area contributed by atoms with Crippen LogP contribution in [0.4, 0.5) is 4.39 Å². The second kappa shape index (κ2) is 19.8. The summed E-state index contributed by atoms with van der Waals surface area (Å²) in [7, 11) is 0. The number of halogens is 1. The third-order valence-corrected chi connectivity index (χ3v) is 7.45. The Bertz CT molecular complexity index is 1130. The van der Waals surface area contributed by atoms with Crippen LogP contribution in [0.2, 0.25) is 0 Å². The van der Waals surface area contributed by atoms with Crippen molar-refractivity contribution in [1.82, 2.24) is 0 Å². The summed E-state index contributed by atoms with van der Waals surface area (Å²) >= 11 is 0. The molecule has 0 aliphatic heterocycles. The van der Waals surface area contributed by atoms with E-state index in [4.69, 9.17) is 9.47 Å². The van der Waals surface area contributed by atoms with Gasteiger partial charge in [0.1, 0.15) is 11.6 Å². The smallest absolute Gasteiger partial charge is 0.338 e. The van der Waals surface area contributed by atoms with Gasteiger partial charge in [-0.05, 0) is 56.5 Å². The van der Waals surface area contributed by atoms with E-state index in [9.17, 15) is 19.5 Å². The Balaban J connectivity index is 1.98. The maximum Gasteiger partial charge on any atom is 0.338 e. The van der Waals surface area contributed by atoms with Crippen LogP contribution in [-0.4, -0.2) is 29.1 Å². The predicted molar refractivity (Wildman–Crippen MR) is 165 cm³/mol. The van der Waals surface area contributed by atoms with E-state index >= 15 is 4.39 Å². The molecule has 0 spiro atoms. The van der Waals surface area contributed by atoms with Crippen molar-refractivity contribution in [3.05, 3.63) is 53.3 Å². The maximum atomic E-state index is 15.2. The SMILES string of the molecule is CCCCCCCCCCC(=O)Oc1ccc(C(=O)O)c(-c2ccc(C(=O)O[C@H](C)CCCCCCCC)cc2F)c1. The molecule has 0 saturated carbocycles. The number of carboxylic acids is 1. The monoisotopic (exact) mass is 584 g/mol. The molecule has 0 bridgehead atoms. The molecule has 2 aromatic rings. The largest absolute Gasteiger partial charge is 0.478 e. The highest BCUT2D eigenvalue weighted by molar-refractivity contribution is 5.97. The van der Waals surface area contributed by atoms with Crippen LogP contribution in [0.15, 0.2) is 36.4 Å². The van der Waals surface area contributed by atoms with Crippen LogP contribution in [0.1, 0.15) is 144 Å². The van der Waals surface area contributed by atoms with Gasteiger partial charge in [0, 0.05) is 17.5 Å². The average Bonchev–Trinajstić information content (AvgIpc) is 2.96. The predicted octanol–water partition coefficient (Wildman–Crippen LogP) is 9.92. The molecule has 7 heteroatoms. The first-order valence-corrected chi connectivity index (χ1v) is 15.9. The van der Waals surface area contributed by atoms with Crippen molar-refractivity contribution in [3.63, 3.8) is 0 Å². The van der Waals surface area contributed by atoms with Gasteiger partial charge in [-0.25, -0.2) is 14.0 Å². The van der Waals surface area contributed by atoms with E-state index in [1.54, 1.807) is 0 Å². The number of esters is 2. The normalized spacial score (nSPS) is 11.7. The minimum Gasteiger partial charge on any atom is -0.478 e. The number of hydrogen-bond acceptors (Lipinski definition) is 5. The first-order chi connectivity index (χ1) is 20.3. The molecule has 1 atom stereocenters. The van der Waals surface area contributed by atoms with Crippen LogP contribution in [0, 0.1) is 5.82 Å². The van der Waals surface area contributed by atoms with Gasteiger partial charge in [-0.2, -0.15) is 0 Å². The summed E-state index contributed by atoms with van der Waals surface area (Å²) in [6, 6.07) is 7.88. The molecule has 0 unspecified atom stereocenters. The minimum absolute atomic E-state index is 0.00921. The third kappa shape index (κ3) is 12.7. The molecule has 2 aromatic carbocycles. The lowest BCUT2D eigenvalue weighted by molar-refractivity contribution is -0.134. The van der Waals surface area contributed by atoms with Crippen LogP contribution in [-0.2, 0) is 9.53 Å². The number of carbonyl (C=O) groups excluding carboxylic acids is 2. The van der Waals surface area contributed by atoms with Gasteiger partial charge in [0.05, 0.1) is 17.2 Å². The summed E-state index contributed by atoms with van der Waals surface area (Å²) in [4.78, 5) is 36.9. The number of carboxylic acid groups (broad SMARTS) is 1. The molecule has 0 radical (unpaired) electrons. The lowest BCUT2D eigenvalue weighted by Gasteiger charge is -2.14. The Morgan fingerprint density at radius 1 is 0.762 bits per heavy atom. The molecule has 232 valence electrons. The van der Waals surface area contributed by atoms with Crippen molar-refractivity contribution in [1.29, 1.82) is 0 Å². The van der Waals surface area contributed by atoms with E-state index in [-0.39, 0.29) is 40.5 Å². The topological polar surface area (TPSA) is 89.9 Å². The zero-order valence-electron chi connectivity index (χ0n) is 25.7. The molecule has 0 aromatic heterocycles. The van der Waals surface area contributed by atoms with Crippen molar-refractivity contribution in [2.75, 3.05) is 0 Å². The summed E-state index contributed by atoms with van der Waals surface area (Å²) in [6.07, 6.45) is 16.4. The summed E-state index contributed by atoms with van der Waals surface area (Å²) < 4.78 is 26.2. The number of rotatable bonds is 21. The molecule has 1 N–H and O–H groups in total. The number of hydrogen-bond donors (Lipinski definition) is 1. The van der Waals surface area contributed by atoms with Crippen LogP contribution in [0.25, 0.3) is 11.1 Å². The van der Waals surface area contributed by atoms with E-state index in [0.29, 0.717) is 0 Å². The summed E-state index contributed by atoms with van der Waals surface area (Å²) in [5.74, 6) is -2.90. The molecule has 0 saturated heterocycles. The number of benzene rings is 2. The third-order valence-electron chi connectivity index (χ3n) is 7.45. The van der Waals surface area contributed by atoms with Gasteiger partial charge in [-0.1, -0.05) is 97.0 Å². The maximum absolute atomic E-state index is 15.2. The standard InChI is InChI=1S/C35H49FO6/c1-4-6-8-10-12-13-15-17-19-33(37)42-28-21-23-30(34(38)39)31(25-28)29-22-20-27(24-32(29)36)35(40)41-26(3)18-16-14-11-9-7-5-2/h20-26H,4-19H2,1-3H3,(H,38,39)/t26-/m1/s1. The molecule has 0 heterocycles. The van der Waals surface area contributed by atoms with Crippen LogP contribution < -0.4 is 4.74 Å². The Hall–Kier alpha value is -3.22. The average molecular weight is 585 g/mol. The zero-order valence-corrected chi connectivity index (χ0v) is 25.7. The van der Waals surface area contributed by atoms with Gasteiger partial charge >= 0.3 is 17.9 Å².